The molecule has 2 N–H and O–H groups in total. The van der Waals surface area contributed by atoms with Crippen LogP contribution in [0.25, 0.3) is 0 Å². The molecular weight excluding hydrogens is 274 g/mol. The van der Waals surface area contributed by atoms with Crippen molar-refractivity contribution >= 4 is 0 Å². The van der Waals surface area contributed by atoms with Crippen LogP contribution in [0, 0.1) is 6.92 Å². The normalized spacial score (nSPS) is 21.3. The van der Waals surface area contributed by atoms with Crippen LogP contribution in [-0.4, -0.2) is 37.5 Å². The molecule has 1 aliphatic heterocycles. The molecule has 0 aliphatic carbocycles. The Morgan fingerprint density at radius 3 is 2.50 bits per heavy atom. The van der Waals surface area contributed by atoms with Gasteiger partial charge in [0.15, 0.2) is 0 Å². The fraction of sp³-hybridized carbons (Fsp3) is 0.368. The largest absolute Gasteiger partial charge is 0.395 e. The third-order valence-electron chi connectivity index (χ3n) is 4.64. The first kappa shape index (κ1) is 15.2. The first-order valence-electron chi connectivity index (χ1n) is 7.84. The lowest BCUT2D eigenvalue weighted by atomic mass is 9.69. The van der Waals surface area contributed by atoms with Crippen LogP contribution in [0.15, 0.2) is 54.6 Å². The van der Waals surface area contributed by atoms with Crippen LogP contribution in [0.4, 0.5) is 0 Å². The van der Waals surface area contributed by atoms with Gasteiger partial charge in [-0.2, -0.15) is 0 Å². The van der Waals surface area contributed by atoms with Crippen LogP contribution in [0.3, 0.4) is 0 Å². The molecule has 1 fully saturated rings. The Morgan fingerprint density at radius 2 is 1.86 bits per heavy atom. The summed E-state index contributed by atoms with van der Waals surface area (Å²) in [5.41, 5.74) is 2.87. The van der Waals surface area contributed by atoms with Crippen molar-refractivity contribution in [2.45, 2.75) is 18.4 Å². The summed E-state index contributed by atoms with van der Waals surface area (Å²) in [4.78, 5) is 0. The zero-order valence-corrected chi connectivity index (χ0v) is 13.0. The van der Waals surface area contributed by atoms with Crippen LogP contribution in [0.2, 0.25) is 0 Å². The molecule has 1 saturated heterocycles. The summed E-state index contributed by atoms with van der Waals surface area (Å²) in [5, 5.41) is 13.8. The minimum absolute atomic E-state index is 0.0220. The molecule has 1 heterocycles. The third-order valence-corrected chi connectivity index (χ3v) is 4.64. The number of rotatable bonds is 4. The van der Waals surface area contributed by atoms with E-state index in [0.29, 0.717) is 6.61 Å². The molecule has 0 amide bonds. The third kappa shape index (κ3) is 2.56. The molecule has 2 atom stereocenters. The number of aliphatic hydroxyl groups is 1. The zero-order valence-electron chi connectivity index (χ0n) is 13.0. The van der Waals surface area contributed by atoms with Gasteiger partial charge in [-0.15, -0.1) is 0 Å². The van der Waals surface area contributed by atoms with Crippen LogP contribution in [0.5, 0.6) is 0 Å². The maximum atomic E-state index is 10.5. The molecule has 2 aromatic carbocycles. The number of nitrogens with one attached hydrogen (secondary N) is 1. The summed E-state index contributed by atoms with van der Waals surface area (Å²) in [6.07, 6.45) is -0.0882. The highest BCUT2D eigenvalue weighted by Gasteiger charge is 2.44. The minimum atomic E-state index is -0.542. The van der Waals surface area contributed by atoms with Gasteiger partial charge < -0.3 is 15.2 Å². The van der Waals surface area contributed by atoms with E-state index >= 15 is 0 Å². The van der Waals surface area contributed by atoms with E-state index < -0.39 is 5.41 Å². The lowest BCUT2D eigenvalue weighted by molar-refractivity contribution is -0.0288. The number of hydrogen-bond acceptors (Lipinski definition) is 3. The van der Waals surface area contributed by atoms with Crippen molar-refractivity contribution in [1.82, 2.24) is 5.32 Å². The van der Waals surface area contributed by atoms with Crippen molar-refractivity contribution in [3.8, 4) is 0 Å². The minimum Gasteiger partial charge on any atom is -0.395 e. The van der Waals surface area contributed by atoms with Gasteiger partial charge in [0.2, 0.25) is 0 Å². The van der Waals surface area contributed by atoms with E-state index in [1.165, 1.54) is 5.56 Å². The predicted molar refractivity (Wildman–Crippen MR) is 88.1 cm³/mol. The highest BCUT2D eigenvalue weighted by atomic mass is 16.5. The van der Waals surface area contributed by atoms with Crippen LogP contribution in [0.1, 0.15) is 16.7 Å². The SMILES string of the molecule is Cc1ccccc1C(CO)(c1ccccc1)C1CNCCO1. The monoisotopic (exact) mass is 297 g/mol. The first-order valence-corrected chi connectivity index (χ1v) is 7.84. The fourth-order valence-electron chi connectivity index (χ4n) is 3.48. The Labute approximate surface area is 131 Å². The maximum Gasteiger partial charge on any atom is 0.0859 e. The molecule has 0 spiro atoms. The number of benzene rings is 2. The van der Waals surface area contributed by atoms with Crippen molar-refractivity contribution in [2.75, 3.05) is 26.3 Å². The number of morpholine rings is 1. The zero-order chi connectivity index (χ0) is 15.4. The van der Waals surface area contributed by atoms with Gasteiger partial charge in [-0.1, -0.05) is 54.6 Å². The Morgan fingerprint density at radius 1 is 1.14 bits per heavy atom. The summed E-state index contributed by atoms with van der Waals surface area (Å²) in [5.74, 6) is 0. The van der Waals surface area contributed by atoms with Crippen molar-refractivity contribution in [3.63, 3.8) is 0 Å². The predicted octanol–water partition coefficient (Wildman–Crippen LogP) is 2.26. The van der Waals surface area contributed by atoms with Crippen LogP contribution >= 0.6 is 0 Å². The van der Waals surface area contributed by atoms with Gasteiger partial charge in [-0.05, 0) is 23.6 Å². The lowest BCUT2D eigenvalue weighted by Crippen LogP contribution is -2.54. The molecular formula is C19H23NO2. The molecule has 1 aliphatic rings. The molecule has 0 radical (unpaired) electrons. The fourth-order valence-corrected chi connectivity index (χ4v) is 3.48. The first-order chi connectivity index (χ1) is 10.8. The Hall–Kier alpha value is -1.68. The van der Waals surface area contributed by atoms with Gasteiger partial charge in [0.05, 0.1) is 24.7 Å². The second kappa shape index (κ2) is 6.61. The number of aliphatic hydroxyl groups excluding tert-OH is 1. The molecule has 116 valence electrons. The summed E-state index contributed by atoms with van der Waals surface area (Å²) in [6.45, 7) is 4.39. The molecule has 22 heavy (non-hydrogen) atoms. The number of hydrogen-bond donors (Lipinski definition) is 2. The molecule has 0 saturated carbocycles. The summed E-state index contributed by atoms with van der Waals surface area (Å²) in [7, 11) is 0. The Balaban J connectivity index is 2.18. The topological polar surface area (TPSA) is 41.5 Å². The molecule has 0 bridgehead atoms. The second-order valence-corrected chi connectivity index (χ2v) is 5.87. The van der Waals surface area contributed by atoms with E-state index in [2.05, 4.69) is 36.5 Å². The molecule has 3 heteroatoms. The van der Waals surface area contributed by atoms with E-state index in [4.69, 9.17) is 4.74 Å². The van der Waals surface area contributed by atoms with Crippen LogP contribution in [-0.2, 0) is 10.2 Å². The second-order valence-electron chi connectivity index (χ2n) is 5.87. The number of aryl methyl sites for hydroxylation is 1. The van der Waals surface area contributed by atoms with Gasteiger partial charge >= 0.3 is 0 Å². The van der Waals surface area contributed by atoms with Gasteiger partial charge in [0.1, 0.15) is 0 Å². The average molecular weight is 297 g/mol. The lowest BCUT2D eigenvalue weighted by Gasteiger charge is -2.43. The molecule has 3 rings (SSSR count). The van der Waals surface area contributed by atoms with E-state index in [-0.39, 0.29) is 12.7 Å². The van der Waals surface area contributed by atoms with E-state index in [0.717, 1.165) is 24.2 Å². The maximum absolute atomic E-state index is 10.5. The molecule has 2 unspecified atom stereocenters. The molecule has 3 nitrogen and oxygen atoms in total. The summed E-state index contributed by atoms with van der Waals surface area (Å²) >= 11 is 0. The van der Waals surface area contributed by atoms with E-state index in [9.17, 15) is 5.11 Å². The van der Waals surface area contributed by atoms with Crippen molar-refractivity contribution in [3.05, 3.63) is 71.3 Å². The average Bonchev–Trinajstić information content (AvgIpc) is 2.59. The van der Waals surface area contributed by atoms with Gasteiger partial charge in [0.25, 0.3) is 0 Å². The highest BCUT2D eigenvalue weighted by molar-refractivity contribution is 5.45. The smallest absolute Gasteiger partial charge is 0.0859 e. The summed E-state index contributed by atoms with van der Waals surface area (Å²) in [6, 6.07) is 18.5. The van der Waals surface area contributed by atoms with Gasteiger partial charge in [-0.25, -0.2) is 0 Å². The van der Waals surface area contributed by atoms with Crippen LogP contribution < -0.4 is 5.32 Å². The van der Waals surface area contributed by atoms with E-state index in [1.807, 2.05) is 30.3 Å². The standard InChI is InChI=1S/C19H23NO2/c1-15-7-5-6-10-17(15)19(14-21,16-8-3-2-4-9-16)18-13-20-11-12-22-18/h2-10,18,20-21H,11-14H2,1H3. The summed E-state index contributed by atoms with van der Waals surface area (Å²) < 4.78 is 6.08. The van der Waals surface area contributed by atoms with Crippen molar-refractivity contribution in [2.24, 2.45) is 0 Å². The van der Waals surface area contributed by atoms with Gasteiger partial charge in [0, 0.05) is 13.1 Å². The molecule has 0 aromatic heterocycles. The van der Waals surface area contributed by atoms with Crippen molar-refractivity contribution < 1.29 is 9.84 Å². The quantitative estimate of drug-likeness (QED) is 0.909. The van der Waals surface area contributed by atoms with Gasteiger partial charge in [-0.3, -0.25) is 0 Å². The Bertz CT molecular complexity index is 608. The van der Waals surface area contributed by atoms with E-state index in [1.54, 1.807) is 0 Å². The number of ether oxygens (including phenoxy) is 1. The molecule has 2 aromatic rings. The highest BCUT2D eigenvalue weighted by Crippen LogP contribution is 2.39. The Kier molecular flexibility index (Phi) is 4.57. The van der Waals surface area contributed by atoms with Crippen molar-refractivity contribution in [1.29, 1.82) is 0 Å².